The fourth-order valence-electron chi connectivity index (χ4n) is 2.27. The Morgan fingerprint density at radius 3 is 2.63 bits per heavy atom. The van der Waals surface area contributed by atoms with Crippen molar-refractivity contribution in [1.82, 2.24) is 19.3 Å². The monoisotopic (exact) mass is 282 g/mol. The van der Waals surface area contributed by atoms with Gasteiger partial charge in [-0.1, -0.05) is 0 Å². The lowest BCUT2D eigenvalue weighted by molar-refractivity contribution is 0.385. The fraction of sp³-hybridized carbons (Fsp3) is 0.400. The lowest BCUT2D eigenvalue weighted by Crippen LogP contribution is -2.51. The molecule has 0 aromatic carbocycles. The summed E-state index contributed by atoms with van der Waals surface area (Å²) in [7, 11) is -3.60. The van der Waals surface area contributed by atoms with E-state index in [1.54, 1.807) is 0 Å². The topological polar surface area (TPSA) is 108 Å². The third-order valence-electron chi connectivity index (χ3n) is 3.23. The van der Waals surface area contributed by atoms with Crippen molar-refractivity contribution in [3.8, 4) is 0 Å². The Morgan fingerprint density at radius 2 is 1.95 bits per heavy atom. The first-order valence-corrected chi connectivity index (χ1v) is 7.37. The standard InChI is InChI=1S/C10H14N6O2S/c11-19(17,18)16-5-3-15(4-6-16)10-8-1-2-12-9(8)13-7-14-10/h1-2,7H,3-6H2,(H2,11,17,18)(H,12,13,14). The van der Waals surface area contributed by atoms with Gasteiger partial charge in [-0.05, 0) is 6.07 Å². The van der Waals surface area contributed by atoms with E-state index < -0.39 is 10.2 Å². The molecule has 0 amide bonds. The van der Waals surface area contributed by atoms with Crippen LogP contribution in [-0.2, 0) is 10.2 Å². The molecule has 0 radical (unpaired) electrons. The van der Waals surface area contributed by atoms with Crippen molar-refractivity contribution in [2.75, 3.05) is 31.1 Å². The highest BCUT2D eigenvalue weighted by Gasteiger charge is 2.25. The molecule has 2 aromatic rings. The third-order valence-corrected chi connectivity index (χ3v) is 4.32. The summed E-state index contributed by atoms with van der Waals surface area (Å²) < 4.78 is 23.8. The van der Waals surface area contributed by atoms with E-state index in [2.05, 4.69) is 15.0 Å². The number of nitrogens with zero attached hydrogens (tertiary/aromatic N) is 4. The van der Waals surface area contributed by atoms with E-state index in [1.165, 1.54) is 10.6 Å². The predicted molar refractivity (Wildman–Crippen MR) is 70.8 cm³/mol. The van der Waals surface area contributed by atoms with E-state index in [0.717, 1.165) is 16.9 Å². The first-order valence-electron chi connectivity index (χ1n) is 5.86. The van der Waals surface area contributed by atoms with Crippen molar-refractivity contribution in [1.29, 1.82) is 0 Å². The smallest absolute Gasteiger partial charge is 0.277 e. The van der Waals surface area contributed by atoms with Crippen molar-refractivity contribution < 1.29 is 8.42 Å². The minimum atomic E-state index is -3.60. The summed E-state index contributed by atoms with van der Waals surface area (Å²) in [5, 5.41) is 6.05. The Morgan fingerprint density at radius 1 is 1.21 bits per heavy atom. The molecule has 1 aliphatic heterocycles. The van der Waals surface area contributed by atoms with Crippen molar-refractivity contribution >= 4 is 27.1 Å². The Labute approximate surface area is 110 Å². The van der Waals surface area contributed by atoms with Crippen LogP contribution in [0.25, 0.3) is 11.0 Å². The molecule has 9 heteroatoms. The molecule has 0 saturated carbocycles. The van der Waals surface area contributed by atoms with E-state index in [9.17, 15) is 8.42 Å². The number of nitrogens with two attached hydrogens (primary N) is 1. The maximum Gasteiger partial charge on any atom is 0.277 e. The molecule has 1 fully saturated rings. The van der Waals surface area contributed by atoms with Crippen LogP contribution < -0.4 is 10.0 Å². The van der Waals surface area contributed by atoms with Gasteiger partial charge >= 0.3 is 0 Å². The quantitative estimate of drug-likeness (QED) is 0.756. The van der Waals surface area contributed by atoms with Crippen LogP contribution in [0.15, 0.2) is 18.6 Å². The highest BCUT2D eigenvalue weighted by Crippen LogP contribution is 2.23. The molecule has 1 aliphatic rings. The van der Waals surface area contributed by atoms with Crippen LogP contribution in [0.1, 0.15) is 0 Å². The minimum Gasteiger partial charge on any atom is -0.353 e. The zero-order valence-electron chi connectivity index (χ0n) is 10.2. The molecule has 0 bridgehead atoms. The van der Waals surface area contributed by atoms with Gasteiger partial charge in [0.25, 0.3) is 10.2 Å². The van der Waals surface area contributed by atoms with Gasteiger partial charge in [-0.3, -0.25) is 0 Å². The van der Waals surface area contributed by atoms with Gasteiger partial charge < -0.3 is 9.88 Å². The Kier molecular flexibility index (Phi) is 2.88. The number of anilines is 1. The average Bonchev–Trinajstić information content (AvgIpc) is 2.86. The summed E-state index contributed by atoms with van der Waals surface area (Å²) in [5.74, 6) is 0.820. The van der Waals surface area contributed by atoms with Crippen LogP contribution in [-0.4, -0.2) is 53.9 Å². The van der Waals surface area contributed by atoms with Gasteiger partial charge in [0.15, 0.2) is 0 Å². The summed E-state index contributed by atoms with van der Waals surface area (Å²) in [6.45, 7) is 1.87. The second-order valence-electron chi connectivity index (χ2n) is 4.37. The summed E-state index contributed by atoms with van der Waals surface area (Å²) >= 11 is 0. The number of aromatic amines is 1. The molecule has 0 spiro atoms. The van der Waals surface area contributed by atoms with Gasteiger partial charge in [-0.15, -0.1) is 0 Å². The first kappa shape index (κ1) is 12.3. The van der Waals surface area contributed by atoms with Gasteiger partial charge in [0.05, 0.1) is 5.39 Å². The second-order valence-corrected chi connectivity index (χ2v) is 5.91. The Balaban J connectivity index is 1.84. The molecule has 102 valence electrons. The molecule has 8 nitrogen and oxygen atoms in total. The van der Waals surface area contributed by atoms with E-state index >= 15 is 0 Å². The summed E-state index contributed by atoms with van der Waals surface area (Å²) in [4.78, 5) is 13.5. The van der Waals surface area contributed by atoms with E-state index in [-0.39, 0.29) is 0 Å². The van der Waals surface area contributed by atoms with Gasteiger partial charge in [0, 0.05) is 32.4 Å². The number of hydrogen-bond acceptors (Lipinski definition) is 5. The minimum absolute atomic E-state index is 0.370. The van der Waals surface area contributed by atoms with Gasteiger partial charge in [0.2, 0.25) is 0 Å². The molecule has 3 N–H and O–H groups in total. The molecule has 0 unspecified atom stereocenters. The highest BCUT2D eigenvalue weighted by atomic mass is 32.2. The zero-order chi connectivity index (χ0) is 13.5. The normalized spacial score (nSPS) is 18.1. The number of rotatable bonds is 2. The van der Waals surface area contributed by atoms with Crippen LogP contribution in [0.2, 0.25) is 0 Å². The lowest BCUT2D eigenvalue weighted by atomic mass is 10.3. The number of nitrogens with one attached hydrogen (secondary N) is 1. The summed E-state index contributed by atoms with van der Waals surface area (Å²) in [6.07, 6.45) is 3.31. The van der Waals surface area contributed by atoms with E-state index in [4.69, 9.17) is 5.14 Å². The van der Waals surface area contributed by atoms with Gasteiger partial charge in [-0.2, -0.15) is 12.7 Å². The SMILES string of the molecule is NS(=O)(=O)N1CCN(c2ncnc3[nH]ccc23)CC1. The van der Waals surface area contributed by atoms with E-state index in [1.807, 2.05) is 17.2 Å². The van der Waals surface area contributed by atoms with Gasteiger partial charge in [0.1, 0.15) is 17.8 Å². The van der Waals surface area contributed by atoms with Crippen LogP contribution in [0.3, 0.4) is 0 Å². The number of aromatic nitrogens is 3. The predicted octanol–water partition coefficient (Wildman–Crippen LogP) is -0.717. The van der Waals surface area contributed by atoms with Crippen LogP contribution in [0, 0.1) is 0 Å². The van der Waals surface area contributed by atoms with Crippen molar-refractivity contribution in [2.24, 2.45) is 5.14 Å². The summed E-state index contributed by atoms with van der Waals surface area (Å²) in [6, 6.07) is 1.91. The summed E-state index contributed by atoms with van der Waals surface area (Å²) in [5.41, 5.74) is 0.777. The Hall–Kier alpha value is -1.71. The Bertz CT molecular complexity index is 689. The largest absolute Gasteiger partial charge is 0.353 e. The molecular weight excluding hydrogens is 268 g/mol. The molecule has 0 aliphatic carbocycles. The van der Waals surface area contributed by atoms with Crippen molar-refractivity contribution in [2.45, 2.75) is 0 Å². The van der Waals surface area contributed by atoms with Crippen LogP contribution >= 0.6 is 0 Å². The first-order chi connectivity index (χ1) is 9.05. The molecule has 1 saturated heterocycles. The van der Waals surface area contributed by atoms with E-state index in [0.29, 0.717) is 26.2 Å². The number of piperazine rings is 1. The zero-order valence-corrected chi connectivity index (χ0v) is 11.0. The highest BCUT2D eigenvalue weighted by molar-refractivity contribution is 7.86. The molecule has 19 heavy (non-hydrogen) atoms. The van der Waals surface area contributed by atoms with Crippen LogP contribution in [0.4, 0.5) is 5.82 Å². The van der Waals surface area contributed by atoms with Crippen LogP contribution in [0.5, 0.6) is 0 Å². The van der Waals surface area contributed by atoms with Gasteiger partial charge in [-0.25, -0.2) is 15.1 Å². The molecule has 2 aromatic heterocycles. The molecule has 0 atom stereocenters. The number of hydrogen-bond donors (Lipinski definition) is 2. The number of H-pyrrole nitrogens is 1. The average molecular weight is 282 g/mol. The fourth-order valence-corrected chi connectivity index (χ4v) is 2.94. The molecular formula is C10H14N6O2S. The van der Waals surface area contributed by atoms with Crippen molar-refractivity contribution in [3.63, 3.8) is 0 Å². The second kappa shape index (κ2) is 4.44. The van der Waals surface area contributed by atoms with Crippen molar-refractivity contribution in [3.05, 3.63) is 18.6 Å². The lowest BCUT2D eigenvalue weighted by Gasteiger charge is -2.33. The molecule has 3 heterocycles. The molecule has 3 rings (SSSR count). The number of fused-ring (bicyclic) bond motifs is 1. The maximum absolute atomic E-state index is 11.3. The third kappa shape index (κ3) is 2.27. The maximum atomic E-state index is 11.3.